The second-order valence-corrected chi connectivity index (χ2v) is 2.48. The molecule has 1 aromatic heterocycles. The smallest absolute Gasteiger partial charge is 0.355 e. The Hall–Kier alpha value is -2.09. The van der Waals surface area contributed by atoms with Crippen molar-refractivity contribution in [3.8, 4) is 6.07 Å². The molecule has 0 aliphatic rings. The van der Waals surface area contributed by atoms with Crippen molar-refractivity contribution in [2.45, 2.75) is 6.42 Å². The quantitative estimate of drug-likeness (QED) is 0.650. The van der Waals surface area contributed by atoms with Crippen molar-refractivity contribution in [1.82, 2.24) is 4.57 Å². The molecule has 5 heteroatoms. The number of hydrogen-bond donors (Lipinski definition) is 0. The summed E-state index contributed by atoms with van der Waals surface area (Å²) in [5, 5.41) is 8.32. The van der Waals surface area contributed by atoms with E-state index in [0.29, 0.717) is 0 Å². The normalized spacial score (nSPS) is 9.14. The highest BCUT2D eigenvalue weighted by Gasteiger charge is 2.15. The molecule has 0 spiro atoms. The Morgan fingerprint density at radius 2 is 2.36 bits per heavy atom. The van der Waals surface area contributed by atoms with Gasteiger partial charge in [-0.2, -0.15) is 5.26 Å². The Morgan fingerprint density at radius 1 is 1.64 bits per heavy atom. The lowest BCUT2D eigenvalue weighted by molar-refractivity contribution is 0.0581. The van der Waals surface area contributed by atoms with Gasteiger partial charge in [0.2, 0.25) is 5.91 Å². The third kappa shape index (κ3) is 1.80. The van der Waals surface area contributed by atoms with E-state index in [2.05, 4.69) is 4.74 Å². The first-order valence-corrected chi connectivity index (χ1v) is 3.86. The predicted molar refractivity (Wildman–Crippen MR) is 46.6 cm³/mol. The van der Waals surface area contributed by atoms with Gasteiger partial charge in [0, 0.05) is 6.20 Å². The van der Waals surface area contributed by atoms with Crippen LogP contribution in [-0.2, 0) is 4.74 Å². The number of carbonyl (C=O) groups is 2. The number of ether oxygens (including phenoxy) is 1. The van der Waals surface area contributed by atoms with E-state index in [0.717, 1.165) is 4.57 Å². The highest BCUT2D eigenvalue weighted by Crippen LogP contribution is 2.04. The van der Waals surface area contributed by atoms with Gasteiger partial charge in [-0.05, 0) is 12.1 Å². The molecule has 0 unspecified atom stereocenters. The molecular formula is C9H8N2O3. The first-order chi connectivity index (χ1) is 6.70. The van der Waals surface area contributed by atoms with Crippen LogP contribution >= 0.6 is 0 Å². The summed E-state index contributed by atoms with van der Waals surface area (Å²) >= 11 is 0. The lowest BCUT2D eigenvalue weighted by Crippen LogP contribution is -2.16. The monoisotopic (exact) mass is 192 g/mol. The fourth-order valence-corrected chi connectivity index (χ4v) is 1.02. The van der Waals surface area contributed by atoms with Gasteiger partial charge in [0.05, 0.1) is 13.2 Å². The molecule has 0 N–H and O–H groups in total. The highest BCUT2D eigenvalue weighted by molar-refractivity contribution is 5.94. The average Bonchev–Trinajstić information content (AvgIpc) is 2.65. The second kappa shape index (κ2) is 4.23. The summed E-state index contributed by atoms with van der Waals surface area (Å²) in [7, 11) is 1.23. The zero-order chi connectivity index (χ0) is 10.6. The van der Waals surface area contributed by atoms with Gasteiger partial charge in [-0.15, -0.1) is 0 Å². The van der Waals surface area contributed by atoms with Gasteiger partial charge in [-0.3, -0.25) is 9.36 Å². The van der Waals surface area contributed by atoms with E-state index in [1.54, 1.807) is 12.1 Å². The number of aromatic nitrogens is 1. The molecule has 5 nitrogen and oxygen atoms in total. The minimum absolute atomic E-state index is 0.132. The van der Waals surface area contributed by atoms with Gasteiger partial charge in [-0.25, -0.2) is 4.79 Å². The van der Waals surface area contributed by atoms with Crippen LogP contribution in [0.2, 0.25) is 0 Å². The number of nitriles is 1. The Morgan fingerprint density at radius 3 is 2.93 bits per heavy atom. The van der Waals surface area contributed by atoms with E-state index >= 15 is 0 Å². The molecule has 0 aromatic carbocycles. The summed E-state index contributed by atoms with van der Waals surface area (Å²) in [5.74, 6) is -1.04. The van der Waals surface area contributed by atoms with E-state index < -0.39 is 11.9 Å². The number of hydrogen-bond acceptors (Lipinski definition) is 4. The molecule has 0 saturated carbocycles. The molecule has 1 aromatic rings. The summed E-state index contributed by atoms with van der Waals surface area (Å²) in [5.41, 5.74) is 0.132. The van der Waals surface area contributed by atoms with E-state index in [4.69, 9.17) is 5.26 Å². The molecule has 0 fully saturated rings. The molecule has 0 radical (unpaired) electrons. The second-order valence-electron chi connectivity index (χ2n) is 2.48. The lowest BCUT2D eigenvalue weighted by atomic mass is 10.4. The van der Waals surface area contributed by atoms with Crippen LogP contribution in [0.4, 0.5) is 0 Å². The third-order valence-electron chi connectivity index (χ3n) is 1.64. The maximum atomic E-state index is 11.3. The summed E-state index contributed by atoms with van der Waals surface area (Å²) < 4.78 is 5.57. The molecule has 14 heavy (non-hydrogen) atoms. The Balaban J connectivity index is 2.99. The zero-order valence-corrected chi connectivity index (χ0v) is 7.56. The van der Waals surface area contributed by atoms with E-state index in [1.165, 1.54) is 19.4 Å². The number of carbonyl (C=O) groups excluding carboxylic acids is 2. The molecule has 72 valence electrons. The first kappa shape index (κ1) is 9.99. The molecule has 0 saturated heterocycles. The van der Waals surface area contributed by atoms with Crippen molar-refractivity contribution in [1.29, 1.82) is 5.26 Å². The van der Waals surface area contributed by atoms with Gasteiger partial charge in [0.25, 0.3) is 0 Å². The van der Waals surface area contributed by atoms with Crippen molar-refractivity contribution in [2.24, 2.45) is 0 Å². The summed E-state index contributed by atoms with van der Waals surface area (Å²) in [6, 6.07) is 4.72. The first-order valence-electron chi connectivity index (χ1n) is 3.86. The third-order valence-corrected chi connectivity index (χ3v) is 1.64. The van der Waals surface area contributed by atoms with Crippen molar-refractivity contribution in [2.75, 3.05) is 7.11 Å². The topological polar surface area (TPSA) is 72.1 Å². The van der Waals surface area contributed by atoms with Crippen molar-refractivity contribution in [3.05, 3.63) is 24.0 Å². The summed E-state index contributed by atoms with van der Waals surface area (Å²) in [6.45, 7) is 0. The van der Waals surface area contributed by atoms with Crippen molar-refractivity contribution >= 4 is 11.9 Å². The fourth-order valence-electron chi connectivity index (χ4n) is 1.02. The maximum Gasteiger partial charge on any atom is 0.355 e. The molecule has 1 rings (SSSR count). The molecule has 0 atom stereocenters. The number of rotatable bonds is 2. The molecule has 0 bridgehead atoms. The Labute approximate surface area is 80.5 Å². The van der Waals surface area contributed by atoms with Crippen molar-refractivity contribution in [3.63, 3.8) is 0 Å². The highest BCUT2D eigenvalue weighted by atomic mass is 16.5. The lowest BCUT2D eigenvalue weighted by Gasteiger charge is -2.02. The van der Waals surface area contributed by atoms with Crippen LogP contribution in [0.5, 0.6) is 0 Å². The van der Waals surface area contributed by atoms with Crippen LogP contribution in [0.25, 0.3) is 0 Å². The fraction of sp³-hybridized carbons (Fsp3) is 0.222. The van der Waals surface area contributed by atoms with Gasteiger partial charge in [0.1, 0.15) is 12.1 Å². The van der Waals surface area contributed by atoms with Crippen LogP contribution < -0.4 is 0 Å². The Kier molecular flexibility index (Phi) is 3.02. The number of esters is 1. The van der Waals surface area contributed by atoms with E-state index in [9.17, 15) is 9.59 Å². The number of methoxy groups -OCH3 is 1. The van der Waals surface area contributed by atoms with Gasteiger partial charge in [-0.1, -0.05) is 0 Å². The van der Waals surface area contributed by atoms with E-state index in [1.807, 2.05) is 0 Å². The minimum atomic E-state index is -0.596. The largest absolute Gasteiger partial charge is 0.464 e. The van der Waals surface area contributed by atoms with Crippen LogP contribution in [-0.4, -0.2) is 23.6 Å². The minimum Gasteiger partial charge on any atom is -0.464 e. The standard InChI is InChI=1S/C9H8N2O3/c1-14-9(13)7-3-2-6-11(7)8(12)4-5-10/h2-3,6H,4H2,1H3. The predicted octanol–water partition coefficient (Wildman–Crippen LogP) is 0.829. The van der Waals surface area contributed by atoms with Crippen molar-refractivity contribution < 1.29 is 14.3 Å². The van der Waals surface area contributed by atoms with Gasteiger partial charge in [0.15, 0.2) is 0 Å². The van der Waals surface area contributed by atoms with Crippen LogP contribution in [0, 0.1) is 11.3 Å². The van der Waals surface area contributed by atoms with E-state index in [-0.39, 0.29) is 12.1 Å². The number of nitrogens with zero attached hydrogens (tertiary/aromatic N) is 2. The summed E-state index contributed by atoms with van der Waals surface area (Å²) in [6.07, 6.45) is 1.16. The van der Waals surface area contributed by atoms with Crippen LogP contribution in [0.1, 0.15) is 21.7 Å². The molecule has 0 amide bonds. The van der Waals surface area contributed by atoms with Crippen LogP contribution in [0.3, 0.4) is 0 Å². The molecule has 0 aliphatic carbocycles. The Bertz CT molecular complexity index is 400. The molecule has 0 aliphatic heterocycles. The summed E-state index contributed by atoms with van der Waals surface area (Å²) in [4.78, 5) is 22.4. The molecule has 1 heterocycles. The zero-order valence-electron chi connectivity index (χ0n) is 7.56. The molecular weight excluding hydrogens is 184 g/mol. The van der Waals surface area contributed by atoms with Gasteiger partial charge < -0.3 is 4.74 Å². The SMILES string of the molecule is COC(=O)c1cccn1C(=O)CC#N. The van der Waals surface area contributed by atoms with Crippen LogP contribution in [0.15, 0.2) is 18.3 Å². The maximum absolute atomic E-state index is 11.3. The van der Waals surface area contributed by atoms with Gasteiger partial charge >= 0.3 is 5.97 Å². The average molecular weight is 192 g/mol.